The minimum Gasteiger partial charge on any atom is -0.326 e. The van der Waals surface area contributed by atoms with Crippen LogP contribution in [0.15, 0.2) is 53.4 Å². The lowest BCUT2D eigenvalue weighted by atomic mass is 9.97. The normalized spacial score (nSPS) is 16.6. The summed E-state index contributed by atoms with van der Waals surface area (Å²) in [6.45, 7) is 0.235. The largest absolute Gasteiger partial charge is 0.419 e. The van der Waals surface area contributed by atoms with Crippen LogP contribution >= 0.6 is 0 Å². The van der Waals surface area contributed by atoms with Crippen molar-refractivity contribution in [2.24, 2.45) is 5.92 Å². The van der Waals surface area contributed by atoms with Gasteiger partial charge in [0.25, 0.3) is 0 Å². The van der Waals surface area contributed by atoms with Crippen molar-refractivity contribution in [3.8, 4) is 0 Å². The lowest BCUT2D eigenvalue weighted by Gasteiger charge is -2.30. The Balaban J connectivity index is 1.64. The molecule has 2 aromatic rings. The number of hydrogen-bond acceptors (Lipinski definition) is 3. The predicted octanol–water partition coefficient (Wildman–Crippen LogP) is 3.88. The van der Waals surface area contributed by atoms with Crippen LogP contribution in [0.5, 0.6) is 0 Å². The number of hydrogen-bond donors (Lipinski definition) is 1. The molecule has 1 aliphatic rings. The van der Waals surface area contributed by atoms with Crippen LogP contribution in [-0.2, 0) is 21.0 Å². The van der Waals surface area contributed by atoms with Gasteiger partial charge in [0.2, 0.25) is 15.9 Å². The first-order valence-electron chi connectivity index (χ1n) is 8.82. The highest BCUT2D eigenvalue weighted by Crippen LogP contribution is 2.33. The average molecular weight is 430 g/mol. The van der Waals surface area contributed by atoms with E-state index < -0.39 is 39.4 Å². The van der Waals surface area contributed by atoms with Crippen molar-refractivity contribution in [3.63, 3.8) is 0 Å². The van der Waals surface area contributed by atoms with Gasteiger partial charge in [-0.3, -0.25) is 4.79 Å². The summed E-state index contributed by atoms with van der Waals surface area (Å²) in [7, 11) is -3.66. The number of rotatable bonds is 4. The second-order valence-corrected chi connectivity index (χ2v) is 8.61. The zero-order valence-corrected chi connectivity index (χ0v) is 15.9. The highest BCUT2D eigenvalue weighted by molar-refractivity contribution is 7.89. The molecule has 1 saturated heterocycles. The number of alkyl halides is 3. The molecular formula is C19H18F4N2O3S. The van der Waals surface area contributed by atoms with Crippen molar-refractivity contribution >= 4 is 21.6 Å². The Bertz CT molecular complexity index is 986. The van der Waals surface area contributed by atoms with Crippen LogP contribution in [0.25, 0.3) is 0 Å². The molecule has 10 heteroatoms. The fraction of sp³-hybridized carbons (Fsp3) is 0.316. The number of nitrogens with one attached hydrogen (secondary N) is 1. The van der Waals surface area contributed by atoms with E-state index in [0.29, 0.717) is 12.1 Å². The summed E-state index contributed by atoms with van der Waals surface area (Å²) < 4.78 is 78.2. The van der Waals surface area contributed by atoms with Crippen LogP contribution in [0.2, 0.25) is 0 Å². The summed E-state index contributed by atoms with van der Waals surface area (Å²) in [4.78, 5) is 12.5. The first kappa shape index (κ1) is 21.3. The van der Waals surface area contributed by atoms with E-state index in [2.05, 4.69) is 5.32 Å². The molecule has 0 radical (unpaired) electrons. The molecule has 0 spiro atoms. The van der Waals surface area contributed by atoms with Gasteiger partial charge in [0, 0.05) is 24.7 Å². The van der Waals surface area contributed by atoms with Crippen molar-refractivity contribution in [2.75, 3.05) is 18.4 Å². The Morgan fingerprint density at radius 2 is 1.66 bits per heavy atom. The summed E-state index contributed by atoms with van der Waals surface area (Å²) in [5.41, 5.74) is -1.62. The van der Waals surface area contributed by atoms with E-state index >= 15 is 0 Å². The Morgan fingerprint density at radius 3 is 2.24 bits per heavy atom. The number of carbonyl (C=O) groups is 1. The first-order valence-corrected chi connectivity index (χ1v) is 10.3. The quantitative estimate of drug-likeness (QED) is 0.749. The predicted molar refractivity (Wildman–Crippen MR) is 98.0 cm³/mol. The third kappa shape index (κ3) is 4.76. The number of sulfonamides is 1. The second-order valence-electron chi connectivity index (χ2n) is 6.67. The van der Waals surface area contributed by atoms with E-state index in [-0.39, 0.29) is 36.5 Å². The molecule has 0 atom stereocenters. The average Bonchev–Trinajstić information content (AvgIpc) is 2.69. The van der Waals surface area contributed by atoms with Gasteiger partial charge >= 0.3 is 6.18 Å². The maximum absolute atomic E-state index is 13.4. The van der Waals surface area contributed by atoms with Crippen molar-refractivity contribution in [1.29, 1.82) is 0 Å². The minimum absolute atomic E-state index is 0.118. The van der Waals surface area contributed by atoms with Crippen LogP contribution in [-0.4, -0.2) is 31.7 Å². The number of amides is 1. The molecular weight excluding hydrogens is 412 g/mol. The van der Waals surface area contributed by atoms with Crippen LogP contribution in [0.1, 0.15) is 18.4 Å². The number of piperidine rings is 1. The summed E-state index contributed by atoms with van der Waals surface area (Å²) >= 11 is 0. The molecule has 0 bridgehead atoms. The number of anilines is 1. The fourth-order valence-corrected chi connectivity index (χ4v) is 4.66. The van der Waals surface area contributed by atoms with Crippen LogP contribution in [0.3, 0.4) is 0 Å². The fourth-order valence-electron chi connectivity index (χ4n) is 3.16. The van der Waals surface area contributed by atoms with Gasteiger partial charge in [0.1, 0.15) is 5.82 Å². The van der Waals surface area contributed by atoms with E-state index in [9.17, 15) is 30.8 Å². The molecule has 0 unspecified atom stereocenters. The Labute approximate surface area is 165 Å². The van der Waals surface area contributed by atoms with E-state index in [1.54, 1.807) is 18.2 Å². The topological polar surface area (TPSA) is 66.5 Å². The van der Waals surface area contributed by atoms with Gasteiger partial charge in [-0.05, 0) is 43.2 Å². The van der Waals surface area contributed by atoms with Gasteiger partial charge in [-0.2, -0.15) is 17.5 Å². The molecule has 1 amide bonds. The second kappa shape index (κ2) is 8.11. The maximum atomic E-state index is 13.4. The molecule has 2 aromatic carbocycles. The zero-order valence-electron chi connectivity index (χ0n) is 15.1. The van der Waals surface area contributed by atoms with Gasteiger partial charge in [0.05, 0.1) is 10.5 Å². The molecule has 1 aliphatic heterocycles. The summed E-state index contributed by atoms with van der Waals surface area (Å²) in [5.74, 6) is -2.51. The molecule has 1 fully saturated rings. The zero-order chi connectivity index (χ0) is 21.2. The van der Waals surface area contributed by atoms with Gasteiger partial charge in [-0.1, -0.05) is 18.2 Å². The molecule has 0 aliphatic carbocycles. The smallest absolute Gasteiger partial charge is 0.326 e. The molecule has 0 saturated carbocycles. The van der Waals surface area contributed by atoms with Crippen molar-refractivity contribution in [3.05, 3.63) is 59.9 Å². The van der Waals surface area contributed by atoms with Crippen molar-refractivity contribution in [2.45, 2.75) is 23.9 Å². The molecule has 1 N–H and O–H groups in total. The van der Waals surface area contributed by atoms with E-state index in [1.165, 1.54) is 16.4 Å². The molecule has 29 heavy (non-hydrogen) atoms. The Hall–Kier alpha value is -2.46. The van der Waals surface area contributed by atoms with E-state index in [1.807, 2.05) is 0 Å². The SMILES string of the molecule is O=C(Nc1ccc(F)c(C(F)(F)F)c1)C1CCN(S(=O)(=O)c2ccccc2)CC1. The van der Waals surface area contributed by atoms with Crippen LogP contribution < -0.4 is 5.32 Å². The molecule has 0 aromatic heterocycles. The van der Waals surface area contributed by atoms with Crippen molar-refractivity contribution < 1.29 is 30.8 Å². The van der Waals surface area contributed by atoms with Crippen LogP contribution in [0.4, 0.5) is 23.2 Å². The number of carbonyl (C=O) groups excluding carboxylic acids is 1. The number of nitrogens with zero attached hydrogens (tertiary/aromatic N) is 1. The maximum Gasteiger partial charge on any atom is 0.419 e. The lowest BCUT2D eigenvalue weighted by Crippen LogP contribution is -2.41. The van der Waals surface area contributed by atoms with Gasteiger partial charge in [-0.25, -0.2) is 12.8 Å². The summed E-state index contributed by atoms with van der Waals surface area (Å²) in [6, 6.07) is 10.2. The van der Waals surface area contributed by atoms with Gasteiger partial charge in [0.15, 0.2) is 0 Å². The van der Waals surface area contributed by atoms with Crippen LogP contribution in [0, 0.1) is 11.7 Å². The Morgan fingerprint density at radius 1 is 1.03 bits per heavy atom. The van der Waals surface area contributed by atoms with Gasteiger partial charge < -0.3 is 5.32 Å². The standard InChI is InChI=1S/C19H18F4N2O3S/c20-17-7-6-14(12-16(17)19(21,22)23)24-18(26)13-8-10-25(11-9-13)29(27,28)15-4-2-1-3-5-15/h1-7,12-13H,8-11H2,(H,24,26). The monoisotopic (exact) mass is 430 g/mol. The number of halogens is 4. The van der Waals surface area contributed by atoms with E-state index in [4.69, 9.17) is 0 Å². The highest BCUT2D eigenvalue weighted by Gasteiger charge is 2.35. The highest BCUT2D eigenvalue weighted by atomic mass is 32.2. The number of benzene rings is 2. The van der Waals surface area contributed by atoms with Gasteiger partial charge in [-0.15, -0.1) is 0 Å². The third-order valence-electron chi connectivity index (χ3n) is 4.74. The Kier molecular flexibility index (Phi) is 5.95. The first-order chi connectivity index (χ1) is 13.6. The molecule has 156 valence electrons. The lowest BCUT2D eigenvalue weighted by molar-refractivity contribution is -0.140. The van der Waals surface area contributed by atoms with E-state index in [0.717, 1.165) is 6.07 Å². The third-order valence-corrected chi connectivity index (χ3v) is 6.66. The molecule has 5 nitrogen and oxygen atoms in total. The molecule has 1 heterocycles. The summed E-state index contributed by atoms with van der Waals surface area (Å²) in [6.07, 6.45) is -4.42. The molecule has 3 rings (SSSR count). The van der Waals surface area contributed by atoms with Crippen molar-refractivity contribution in [1.82, 2.24) is 4.31 Å². The minimum atomic E-state index is -4.87. The summed E-state index contributed by atoms with van der Waals surface area (Å²) in [5, 5.41) is 2.36.